The minimum absolute atomic E-state index is 0.0144. The minimum Gasteiger partial charge on any atom is -0.493 e. The van der Waals surface area contributed by atoms with E-state index in [4.69, 9.17) is 1.37 Å². The molecule has 0 aliphatic rings. The lowest BCUT2D eigenvalue weighted by Crippen LogP contribution is -1.95. The van der Waals surface area contributed by atoms with E-state index >= 15 is 0 Å². The van der Waals surface area contributed by atoms with Crippen LogP contribution in [0.1, 0.15) is 14.0 Å². The molecule has 2 heterocycles. The van der Waals surface area contributed by atoms with Gasteiger partial charge in [0.15, 0.2) is 0 Å². The zero-order valence-corrected chi connectivity index (χ0v) is 6.52. The number of fused-ring (bicyclic) bond motifs is 1. The van der Waals surface area contributed by atoms with E-state index < -0.39 is 0 Å². The van der Waals surface area contributed by atoms with Crippen molar-refractivity contribution in [3.05, 3.63) is 18.1 Å². The van der Waals surface area contributed by atoms with Crippen LogP contribution >= 0.6 is 0 Å². The van der Waals surface area contributed by atoms with Crippen LogP contribution in [0.3, 0.4) is 0 Å². The molecule has 0 amide bonds. The van der Waals surface area contributed by atoms with Gasteiger partial charge in [-0.1, -0.05) is 6.92 Å². The van der Waals surface area contributed by atoms with E-state index in [2.05, 4.69) is 15.1 Å². The third-order valence-corrected chi connectivity index (χ3v) is 1.56. The molecule has 0 radical (unpaired) electrons. The highest BCUT2D eigenvalue weighted by molar-refractivity contribution is 5.32. The molecule has 0 unspecified atom stereocenters. The van der Waals surface area contributed by atoms with Gasteiger partial charge in [-0.15, -0.1) is 0 Å². The van der Waals surface area contributed by atoms with E-state index in [1.807, 2.05) is 6.92 Å². The van der Waals surface area contributed by atoms with Gasteiger partial charge in [-0.25, -0.2) is 4.98 Å². The van der Waals surface area contributed by atoms with Crippen LogP contribution in [-0.4, -0.2) is 24.7 Å². The van der Waals surface area contributed by atoms with Crippen molar-refractivity contribution in [3.8, 4) is 5.88 Å². The van der Waals surface area contributed by atoms with E-state index in [1.54, 1.807) is 0 Å². The molecule has 5 heteroatoms. The van der Waals surface area contributed by atoms with Gasteiger partial charge >= 0.3 is 0 Å². The quantitative estimate of drug-likeness (QED) is 0.664. The third kappa shape index (κ3) is 0.903. The van der Waals surface area contributed by atoms with Gasteiger partial charge in [0.1, 0.15) is 6.33 Å². The van der Waals surface area contributed by atoms with Crippen LogP contribution in [0, 0.1) is 0 Å². The standard InChI is InChI=1S/C7H8N4O/c1-2-5-3-6(12)11-7(10-5)8-4-9-11/h3-4,12H,2H2,1H3/i3D. The molecule has 2 aromatic rings. The Hall–Kier alpha value is -1.65. The van der Waals surface area contributed by atoms with Gasteiger partial charge < -0.3 is 5.11 Å². The fourth-order valence-electron chi connectivity index (χ4n) is 0.959. The van der Waals surface area contributed by atoms with Crippen LogP contribution in [0.25, 0.3) is 5.78 Å². The van der Waals surface area contributed by atoms with Crippen molar-refractivity contribution in [2.75, 3.05) is 0 Å². The van der Waals surface area contributed by atoms with Crippen molar-refractivity contribution >= 4 is 5.78 Å². The van der Waals surface area contributed by atoms with Crippen LogP contribution in [0.5, 0.6) is 5.88 Å². The van der Waals surface area contributed by atoms with Crippen LogP contribution in [-0.2, 0) is 6.42 Å². The maximum absolute atomic E-state index is 9.49. The summed E-state index contributed by atoms with van der Waals surface area (Å²) in [4.78, 5) is 7.88. The molecule has 0 fully saturated rings. The second-order valence-corrected chi connectivity index (χ2v) is 2.33. The summed E-state index contributed by atoms with van der Waals surface area (Å²) >= 11 is 0. The van der Waals surface area contributed by atoms with E-state index in [1.165, 1.54) is 6.33 Å². The number of aryl methyl sites for hydroxylation is 1. The van der Waals surface area contributed by atoms with Crippen molar-refractivity contribution in [3.63, 3.8) is 0 Å². The summed E-state index contributed by atoms with van der Waals surface area (Å²) < 4.78 is 8.66. The van der Waals surface area contributed by atoms with Gasteiger partial charge in [-0.2, -0.15) is 14.6 Å². The Morgan fingerprint density at radius 1 is 1.75 bits per heavy atom. The summed E-state index contributed by atoms with van der Waals surface area (Å²) in [7, 11) is 0. The zero-order valence-electron chi connectivity index (χ0n) is 7.52. The number of rotatable bonds is 1. The van der Waals surface area contributed by atoms with Crippen molar-refractivity contribution in [1.29, 1.82) is 0 Å². The summed E-state index contributed by atoms with van der Waals surface area (Å²) in [6, 6.07) is 0.0144. The number of aromatic hydroxyl groups is 1. The zero-order chi connectivity index (χ0) is 9.42. The smallest absolute Gasteiger partial charge is 0.255 e. The molecule has 0 saturated carbocycles. The van der Waals surface area contributed by atoms with Gasteiger partial charge in [-0.05, 0) is 6.42 Å². The number of hydrogen-bond donors (Lipinski definition) is 1. The Labute approximate surface area is 70.1 Å². The highest BCUT2D eigenvalue weighted by Crippen LogP contribution is 2.10. The van der Waals surface area contributed by atoms with Crippen LogP contribution in [0.4, 0.5) is 0 Å². The van der Waals surface area contributed by atoms with E-state index in [-0.39, 0.29) is 11.9 Å². The normalized spacial score (nSPS) is 11.9. The highest BCUT2D eigenvalue weighted by Gasteiger charge is 2.03. The lowest BCUT2D eigenvalue weighted by molar-refractivity contribution is 0.434. The van der Waals surface area contributed by atoms with Crippen LogP contribution in [0.2, 0.25) is 0 Å². The summed E-state index contributed by atoms with van der Waals surface area (Å²) in [5, 5.41) is 13.2. The average Bonchev–Trinajstić information content (AvgIpc) is 2.59. The van der Waals surface area contributed by atoms with Gasteiger partial charge in [0.2, 0.25) is 5.88 Å². The second-order valence-electron chi connectivity index (χ2n) is 2.33. The molecule has 0 aromatic carbocycles. The fraction of sp³-hybridized carbons (Fsp3) is 0.286. The average molecular weight is 165 g/mol. The lowest BCUT2D eigenvalue weighted by Gasteiger charge is -1.98. The monoisotopic (exact) mass is 165 g/mol. The molecular formula is C7H8N4O. The van der Waals surface area contributed by atoms with Crippen molar-refractivity contribution in [2.24, 2.45) is 0 Å². The van der Waals surface area contributed by atoms with Crippen LogP contribution < -0.4 is 0 Å². The predicted molar refractivity (Wildman–Crippen MR) is 41.8 cm³/mol. The maximum atomic E-state index is 9.49. The fourth-order valence-corrected chi connectivity index (χ4v) is 0.959. The Bertz CT molecular complexity index is 453. The van der Waals surface area contributed by atoms with Crippen molar-refractivity contribution in [1.82, 2.24) is 19.6 Å². The van der Waals surface area contributed by atoms with E-state index in [0.717, 1.165) is 4.52 Å². The first-order valence-electron chi connectivity index (χ1n) is 4.12. The molecule has 5 nitrogen and oxygen atoms in total. The van der Waals surface area contributed by atoms with Gasteiger partial charge in [0, 0.05) is 11.7 Å². The molecule has 62 valence electrons. The number of aromatic nitrogens is 4. The Morgan fingerprint density at radius 3 is 3.33 bits per heavy atom. The molecular weight excluding hydrogens is 156 g/mol. The maximum Gasteiger partial charge on any atom is 0.255 e. The molecule has 2 rings (SSSR count). The van der Waals surface area contributed by atoms with E-state index in [0.29, 0.717) is 17.9 Å². The SMILES string of the molecule is [2H]c1c(CC)nc2ncnn2c1O. The number of nitrogens with zero attached hydrogens (tertiary/aromatic N) is 4. The molecule has 0 atom stereocenters. The molecule has 1 N–H and O–H groups in total. The third-order valence-electron chi connectivity index (χ3n) is 1.56. The van der Waals surface area contributed by atoms with E-state index in [9.17, 15) is 5.11 Å². The summed E-state index contributed by atoms with van der Waals surface area (Å²) in [6.07, 6.45) is 1.89. The first kappa shape index (κ1) is 5.93. The van der Waals surface area contributed by atoms with Crippen molar-refractivity contribution < 1.29 is 6.48 Å². The van der Waals surface area contributed by atoms with Gasteiger partial charge in [0.05, 0.1) is 1.37 Å². The molecule has 0 aliphatic heterocycles. The molecule has 2 aromatic heterocycles. The Morgan fingerprint density at radius 2 is 2.58 bits per heavy atom. The summed E-state index contributed by atoms with van der Waals surface area (Å²) in [6.45, 7) is 1.87. The Kier molecular flexibility index (Phi) is 1.21. The predicted octanol–water partition coefficient (Wildman–Crippen LogP) is 0.392. The Balaban J connectivity index is 2.83. The highest BCUT2D eigenvalue weighted by atomic mass is 16.3. The van der Waals surface area contributed by atoms with Crippen LogP contribution in [0.15, 0.2) is 12.4 Å². The first-order valence-corrected chi connectivity index (χ1v) is 3.62. The molecule has 0 spiro atoms. The molecule has 0 saturated heterocycles. The van der Waals surface area contributed by atoms with Gasteiger partial charge in [-0.3, -0.25) is 0 Å². The lowest BCUT2D eigenvalue weighted by atomic mass is 10.3. The summed E-state index contributed by atoms with van der Waals surface area (Å²) in [5.74, 6) is 0.115. The molecule has 0 bridgehead atoms. The number of hydrogen-bond acceptors (Lipinski definition) is 4. The topological polar surface area (TPSA) is 63.3 Å². The second kappa shape index (κ2) is 2.44. The van der Waals surface area contributed by atoms with Crippen molar-refractivity contribution in [2.45, 2.75) is 13.3 Å². The molecule has 0 aliphatic carbocycles. The molecule has 12 heavy (non-hydrogen) atoms. The minimum atomic E-state index is -0.209. The largest absolute Gasteiger partial charge is 0.493 e. The van der Waals surface area contributed by atoms with Gasteiger partial charge in [0.25, 0.3) is 5.78 Å². The first-order chi connectivity index (χ1) is 6.24. The summed E-state index contributed by atoms with van der Waals surface area (Å²) in [5.41, 5.74) is 0.526.